The van der Waals surface area contributed by atoms with Crippen molar-refractivity contribution >= 4 is 23.4 Å². The molecule has 0 atom stereocenters. The number of hydrogen-bond acceptors (Lipinski definition) is 3. The molecule has 1 rings (SSSR count). The lowest BCUT2D eigenvalue weighted by Crippen LogP contribution is -2.39. The van der Waals surface area contributed by atoms with Crippen molar-refractivity contribution in [2.45, 2.75) is 25.9 Å². The summed E-state index contributed by atoms with van der Waals surface area (Å²) < 4.78 is 26.2. The fraction of sp³-hybridized carbons (Fsp3) is 0.429. The van der Waals surface area contributed by atoms with Crippen molar-refractivity contribution in [2.24, 2.45) is 0 Å². The van der Waals surface area contributed by atoms with E-state index in [1.165, 1.54) is 5.19 Å². The first-order valence-corrected chi connectivity index (χ1v) is 11.3. The number of allylic oxidation sites excluding steroid dienone is 1. The predicted molar refractivity (Wildman–Crippen MR) is 82.7 cm³/mol. The zero-order valence-corrected chi connectivity index (χ0v) is 13.6. The molecule has 0 saturated carbocycles. The van der Waals surface area contributed by atoms with Gasteiger partial charge in [-0.15, -0.1) is 0 Å². The third-order valence-corrected chi connectivity index (χ3v) is 6.35. The molecule has 0 unspecified atom stereocenters. The Morgan fingerprint density at radius 1 is 1.21 bits per heavy atom. The van der Waals surface area contributed by atoms with Crippen LogP contribution in [0.3, 0.4) is 0 Å². The van der Waals surface area contributed by atoms with E-state index in [1.807, 2.05) is 6.07 Å². The van der Waals surface area contributed by atoms with Gasteiger partial charge in [-0.3, -0.25) is 4.18 Å². The first-order chi connectivity index (χ1) is 8.81. The summed E-state index contributed by atoms with van der Waals surface area (Å²) in [5.41, 5.74) is 2.29. The summed E-state index contributed by atoms with van der Waals surface area (Å²) in [5, 5.41) is 1.40. The van der Waals surface area contributed by atoms with Gasteiger partial charge in [0.1, 0.15) is 8.07 Å². The molecule has 0 aliphatic heterocycles. The standard InChI is InChI=1S/C14H22O3SSi/c1-18(15,16)17-12-8-5-9-13-19(2,3)14-10-6-4-7-11-14/h4,6-7,9-11,13H,5,8,12H2,1-3H3/b13-9+. The fourth-order valence-electron chi connectivity index (χ4n) is 1.75. The third kappa shape index (κ3) is 6.70. The van der Waals surface area contributed by atoms with Gasteiger partial charge in [-0.2, -0.15) is 8.42 Å². The maximum atomic E-state index is 10.8. The fourth-order valence-corrected chi connectivity index (χ4v) is 4.17. The number of benzene rings is 1. The van der Waals surface area contributed by atoms with Gasteiger partial charge < -0.3 is 0 Å². The van der Waals surface area contributed by atoms with E-state index >= 15 is 0 Å². The van der Waals surface area contributed by atoms with Gasteiger partial charge in [-0.1, -0.05) is 60.4 Å². The van der Waals surface area contributed by atoms with Crippen LogP contribution in [0.5, 0.6) is 0 Å². The van der Waals surface area contributed by atoms with Gasteiger partial charge in [0.05, 0.1) is 12.9 Å². The highest BCUT2D eigenvalue weighted by Gasteiger charge is 2.18. The minimum atomic E-state index is -3.30. The van der Waals surface area contributed by atoms with Gasteiger partial charge >= 0.3 is 0 Å². The molecule has 106 valence electrons. The maximum absolute atomic E-state index is 10.8. The Hall–Kier alpha value is -0.913. The highest BCUT2D eigenvalue weighted by Crippen LogP contribution is 2.06. The van der Waals surface area contributed by atoms with E-state index in [1.54, 1.807) is 0 Å². The van der Waals surface area contributed by atoms with Crippen LogP contribution in [-0.4, -0.2) is 29.4 Å². The first kappa shape index (κ1) is 16.1. The Kier molecular flexibility index (Phi) is 5.97. The lowest BCUT2D eigenvalue weighted by atomic mass is 10.3. The summed E-state index contributed by atoms with van der Waals surface area (Å²) in [5.74, 6) is 0. The molecule has 0 spiro atoms. The molecule has 1 aromatic rings. The van der Waals surface area contributed by atoms with Crippen LogP contribution in [0.1, 0.15) is 12.8 Å². The van der Waals surface area contributed by atoms with Gasteiger partial charge in [0, 0.05) is 0 Å². The minimum Gasteiger partial charge on any atom is -0.270 e. The number of unbranched alkanes of at least 4 members (excludes halogenated alkanes) is 1. The molecule has 0 aliphatic carbocycles. The second-order valence-corrected chi connectivity index (χ2v) is 11.2. The Balaban J connectivity index is 2.40. The second kappa shape index (κ2) is 7.03. The first-order valence-electron chi connectivity index (χ1n) is 6.39. The van der Waals surface area contributed by atoms with E-state index in [4.69, 9.17) is 4.18 Å². The van der Waals surface area contributed by atoms with Gasteiger partial charge in [0.25, 0.3) is 10.1 Å². The quantitative estimate of drug-likeness (QED) is 0.441. The van der Waals surface area contributed by atoms with Gasteiger partial charge in [-0.05, 0) is 12.8 Å². The number of hydrogen-bond donors (Lipinski definition) is 0. The van der Waals surface area contributed by atoms with E-state index in [2.05, 4.69) is 49.1 Å². The van der Waals surface area contributed by atoms with Crippen molar-refractivity contribution in [1.82, 2.24) is 0 Å². The Morgan fingerprint density at radius 2 is 1.84 bits per heavy atom. The highest BCUT2D eigenvalue weighted by molar-refractivity contribution is 7.85. The van der Waals surface area contributed by atoms with E-state index < -0.39 is 18.2 Å². The molecule has 3 nitrogen and oxygen atoms in total. The third-order valence-electron chi connectivity index (χ3n) is 2.86. The van der Waals surface area contributed by atoms with Gasteiger partial charge in [-0.25, -0.2) is 0 Å². The Morgan fingerprint density at radius 3 is 2.42 bits per heavy atom. The van der Waals surface area contributed by atoms with E-state index in [0.717, 1.165) is 19.1 Å². The molecule has 19 heavy (non-hydrogen) atoms. The van der Waals surface area contributed by atoms with Crippen molar-refractivity contribution in [3.8, 4) is 0 Å². The van der Waals surface area contributed by atoms with Crippen molar-refractivity contribution < 1.29 is 12.6 Å². The van der Waals surface area contributed by atoms with E-state index in [9.17, 15) is 8.42 Å². The summed E-state index contributed by atoms with van der Waals surface area (Å²) in [6.45, 7) is 4.86. The zero-order chi connectivity index (χ0) is 14.4. The molecule has 0 N–H and O–H groups in total. The molecular formula is C14H22O3SSi. The average molecular weight is 298 g/mol. The summed E-state index contributed by atoms with van der Waals surface area (Å²) in [6, 6.07) is 10.5. The van der Waals surface area contributed by atoms with Crippen LogP contribution in [0, 0.1) is 0 Å². The smallest absolute Gasteiger partial charge is 0.264 e. The molecule has 5 heteroatoms. The van der Waals surface area contributed by atoms with Gasteiger partial charge in [0.15, 0.2) is 0 Å². The van der Waals surface area contributed by atoms with Crippen LogP contribution in [0.25, 0.3) is 0 Å². The van der Waals surface area contributed by atoms with Crippen LogP contribution >= 0.6 is 0 Å². The molecule has 0 saturated heterocycles. The molecule has 0 heterocycles. The molecule has 0 amide bonds. The Bertz CT molecular complexity index is 507. The van der Waals surface area contributed by atoms with Crippen molar-refractivity contribution in [3.63, 3.8) is 0 Å². The maximum Gasteiger partial charge on any atom is 0.264 e. The Labute approximate surface area is 117 Å². The highest BCUT2D eigenvalue weighted by atomic mass is 32.2. The van der Waals surface area contributed by atoms with Crippen LogP contribution in [-0.2, 0) is 14.3 Å². The average Bonchev–Trinajstić information content (AvgIpc) is 2.33. The summed E-state index contributed by atoms with van der Waals surface area (Å²) >= 11 is 0. The molecular weight excluding hydrogens is 276 g/mol. The summed E-state index contributed by atoms with van der Waals surface area (Å²) in [7, 11) is -4.81. The topological polar surface area (TPSA) is 43.4 Å². The van der Waals surface area contributed by atoms with Crippen molar-refractivity contribution in [1.29, 1.82) is 0 Å². The SMILES string of the molecule is C[Si](C)(/C=C/CCCOS(C)(=O)=O)c1ccccc1. The number of rotatable bonds is 7. The normalized spacial score (nSPS) is 13.0. The van der Waals surface area contributed by atoms with Gasteiger partial charge in [0.2, 0.25) is 0 Å². The largest absolute Gasteiger partial charge is 0.270 e. The molecule has 0 aromatic heterocycles. The molecule has 0 radical (unpaired) electrons. The molecule has 0 bridgehead atoms. The van der Waals surface area contributed by atoms with Crippen LogP contribution < -0.4 is 5.19 Å². The summed E-state index contributed by atoms with van der Waals surface area (Å²) in [4.78, 5) is 0. The lowest BCUT2D eigenvalue weighted by molar-refractivity contribution is 0.317. The monoisotopic (exact) mass is 298 g/mol. The van der Waals surface area contributed by atoms with Crippen LogP contribution in [0.4, 0.5) is 0 Å². The predicted octanol–water partition coefficient (Wildman–Crippen LogP) is 2.45. The van der Waals surface area contributed by atoms with Crippen molar-refractivity contribution in [3.05, 3.63) is 42.1 Å². The van der Waals surface area contributed by atoms with Crippen LogP contribution in [0.2, 0.25) is 13.1 Å². The summed E-state index contributed by atoms with van der Waals surface area (Å²) in [6.07, 6.45) is 4.79. The molecule has 0 aliphatic rings. The molecule has 0 fully saturated rings. The second-order valence-electron chi connectivity index (χ2n) is 5.16. The van der Waals surface area contributed by atoms with E-state index in [-0.39, 0.29) is 6.61 Å². The van der Waals surface area contributed by atoms with E-state index in [0.29, 0.717) is 0 Å². The molecule has 1 aromatic carbocycles. The van der Waals surface area contributed by atoms with Crippen molar-refractivity contribution in [2.75, 3.05) is 12.9 Å². The zero-order valence-electron chi connectivity index (χ0n) is 11.8. The van der Waals surface area contributed by atoms with Crippen LogP contribution in [0.15, 0.2) is 42.1 Å². The lowest BCUT2D eigenvalue weighted by Gasteiger charge is -2.18. The minimum absolute atomic E-state index is 0.260.